The first kappa shape index (κ1) is 18.3. The molecule has 0 atom stereocenters. The molecule has 0 unspecified atom stereocenters. The molecule has 2 aromatic heterocycles. The highest BCUT2D eigenvalue weighted by atomic mass is 79.9. The summed E-state index contributed by atoms with van der Waals surface area (Å²) in [5.41, 5.74) is 1.19. The van der Waals surface area contributed by atoms with E-state index in [0.29, 0.717) is 23.8 Å². The third kappa shape index (κ3) is 4.54. The normalized spacial score (nSPS) is 11.4. The minimum Gasteiger partial charge on any atom is -0.486 e. The number of carbonyl (C=O) groups is 1. The third-order valence-corrected chi connectivity index (χ3v) is 4.17. The number of nitrogens with one attached hydrogen (secondary N) is 1. The number of carbonyl (C=O) groups excluding carboxylic acids is 1. The van der Waals surface area contributed by atoms with Crippen molar-refractivity contribution in [1.29, 1.82) is 0 Å². The molecule has 0 aliphatic rings. The topological polar surface area (TPSA) is 64.9 Å². The fourth-order valence-corrected chi connectivity index (χ4v) is 2.85. The van der Waals surface area contributed by atoms with Crippen LogP contribution in [-0.4, -0.2) is 21.1 Å². The first-order valence-electron chi connectivity index (χ1n) is 8.16. The lowest BCUT2D eigenvalue weighted by atomic mass is 10.2. The summed E-state index contributed by atoms with van der Waals surface area (Å²) in [7, 11) is 0. The van der Waals surface area contributed by atoms with Crippen molar-refractivity contribution in [2.24, 2.45) is 0 Å². The molecule has 0 aliphatic carbocycles. The molecule has 1 aromatic carbocycles. The van der Waals surface area contributed by atoms with Crippen molar-refractivity contribution in [3.05, 3.63) is 58.8 Å². The maximum atomic E-state index is 11.9. The maximum Gasteiger partial charge on any atom is 0.413 e. The van der Waals surface area contributed by atoms with Crippen LogP contribution in [0.5, 0.6) is 5.75 Å². The van der Waals surface area contributed by atoms with E-state index < -0.39 is 11.7 Å². The molecule has 2 heterocycles. The number of hydrogen-bond donors (Lipinski definition) is 1. The highest BCUT2D eigenvalue weighted by Gasteiger charge is 2.17. The van der Waals surface area contributed by atoms with Gasteiger partial charge in [0.05, 0.1) is 6.20 Å². The number of benzene rings is 1. The summed E-state index contributed by atoms with van der Waals surface area (Å²) < 4.78 is 13.6. The number of hydrogen-bond acceptors (Lipinski definition) is 4. The van der Waals surface area contributed by atoms with Crippen molar-refractivity contribution in [2.75, 3.05) is 5.32 Å². The fourth-order valence-electron chi connectivity index (χ4n) is 2.32. The van der Waals surface area contributed by atoms with Gasteiger partial charge < -0.3 is 9.47 Å². The van der Waals surface area contributed by atoms with Gasteiger partial charge in [0.15, 0.2) is 11.6 Å². The van der Waals surface area contributed by atoms with E-state index in [-0.39, 0.29) is 0 Å². The van der Waals surface area contributed by atoms with Gasteiger partial charge in [-0.2, -0.15) is 0 Å². The number of aromatic nitrogens is 2. The zero-order chi connectivity index (χ0) is 18.7. The van der Waals surface area contributed by atoms with Gasteiger partial charge in [-0.05, 0) is 54.4 Å². The van der Waals surface area contributed by atoms with Gasteiger partial charge in [-0.3, -0.25) is 9.72 Å². The van der Waals surface area contributed by atoms with Crippen molar-refractivity contribution in [1.82, 2.24) is 9.38 Å². The van der Waals surface area contributed by atoms with Crippen molar-refractivity contribution in [2.45, 2.75) is 33.0 Å². The molecular weight excluding hydrogens is 398 g/mol. The predicted octanol–water partition coefficient (Wildman–Crippen LogP) is 5.02. The molecule has 3 rings (SSSR count). The molecule has 7 heteroatoms. The SMILES string of the molecule is CC(C)(C)OC(=O)Nc1cn2c(Br)c(OCc3ccccc3)ccc2n1. The van der Waals surface area contributed by atoms with E-state index in [4.69, 9.17) is 9.47 Å². The predicted molar refractivity (Wildman–Crippen MR) is 104 cm³/mol. The van der Waals surface area contributed by atoms with Crippen LogP contribution in [0.1, 0.15) is 26.3 Å². The van der Waals surface area contributed by atoms with Crippen LogP contribution in [0.25, 0.3) is 5.65 Å². The van der Waals surface area contributed by atoms with Gasteiger partial charge in [0, 0.05) is 0 Å². The van der Waals surface area contributed by atoms with E-state index in [1.54, 1.807) is 10.6 Å². The lowest BCUT2D eigenvalue weighted by molar-refractivity contribution is 0.0635. The summed E-state index contributed by atoms with van der Waals surface area (Å²) in [5.74, 6) is 1.09. The highest BCUT2D eigenvalue weighted by molar-refractivity contribution is 9.10. The Bertz CT molecular complexity index is 917. The first-order chi connectivity index (χ1) is 12.3. The smallest absolute Gasteiger partial charge is 0.413 e. The number of nitrogens with zero attached hydrogens (tertiary/aromatic N) is 2. The monoisotopic (exact) mass is 417 g/mol. The van der Waals surface area contributed by atoms with E-state index in [0.717, 1.165) is 10.2 Å². The molecule has 136 valence electrons. The zero-order valence-electron chi connectivity index (χ0n) is 14.8. The minimum absolute atomic E-state index is 0.403. The molecule has 0 fully saturated rings. The van der Waals surface area contributed by atoms with Crippen molar-refractivity contribution < 1.29 is 14.3 Å². The Morgan fingerprint density at radius 3 is 2.62 bits per heavy atom. The molecule has 6 nitrogen and oxygen atoms in total. The Morgan fingerprint density at radius 1 is 1.19 bits per heavy atom. The molecule has 0 bridgehead atoms. The average Bonchev–Trinajstić information content (AvgIpc) is 2.96. The average molecular weight is 418 g/mol. The van der Waals surface area contributed by atoms with Gasteiger partial charge in [0.1, 0.15) is 22.5 Å². The van der Waals surface area contributed by atoms with E-state index in [1.165, 1.54) is 0 Å². The summed E-state index contributed by atoms with van der Waals surface area (Å²) >= 11 is 3.54. The molecule has 26 heavy (non-hydrogen) atoms. The number of rotatable bonds is 4. The lowest BCUT2D eigenvalue weighted by Crippen LogP contribution is -2.27. The van der Waals surface area contributed by atoms with Crippen LogP contribution < -0.4 is 10.1 Å². The van der Waals surface area contributed by atoms with Gasteiger partial charge in [-0.25, -0.2) is 9.78 Å². The first-order valence-corrected chi connectivity index (χ1v) is 8.95. The molecule has 0 saturated carbocycles. The van der Waals surface area contributed by atoms with Gasteiger partial charge in [0.2, 0.25) is 0 Å². The molecule has 0 radical (unpaired) electrons. The van der Waals surface area contributed by atoms with Gasteiger partial charge in [0.25, 0.3) is 0 Å². The standard InChI is InChI=1S/C19H20BrN3O3/c1-19(2,3)26-18(24)22-15-11-23-16(21-15)10-9-14(17(23)20)25-12-13-7-5-4-6-8-13/h4-11H,12H2,1-3H3,(H,22,24). The summed E-state index contributed by atoms with van der Waals surface area (Å²) in [5, 5.41) is 2.64. The Balaban J connectivity index is 1.75. The number of ether oxygens (including phenoxy) is 2. The number of anilines is 1. The van der Waals surface area contributed by atoms with Crippen LogP contribution in [0.2, 0.25) is 0 Å². The third-order valence-electron chi connectivity index (χ3n) is 3.40. The summed E-state index contributed by atoms with van der Waals surface area (Å²) in [6.45, 7) is 5.89. The number of imidazole rings is 1. The largest absolute Gasteiger partial charge is 0.486 e. The van der Waals surface area contributed by atoms with Gasteiger partial charge in [-0.15, -0.1) is 0 Å². The second-order valence-corrected chi connectivity index (χ2v) is 7.50. The van der Waals surface area contributed by atoms with Crippen molar-refractivity contribution in [3.63, 3.8) is 0 Å². The lowest BCUT2D eigenvalue weighted by Gasteiger charge is -2.18. The highest BCUT2D eigenvalue weighted by Crippen LogP contribution is 2.28. The summed E-state index contributed by atoms with van der Waals surface area (Å²) in [4.78, 5) is 16.3. The van der Waals surface area contributed by atoms with Crippen LogP contribution in [0.3, 0.4) is 0 Å². The number of pyridine rings is 1. The Labute approximate surface area is 160 Å². The number of fused-ring (bicyclic) bond motifs is 1. The van der Waals surface area contributed by atoms with Crippen molar-refractivity contribution in [3.8, 4) is 5.75 Å². The Hall–Kier alpha value is -2.54. The molecule has 0 saturated heterocycles. The molecule has 0 spiro atoms. The molecular formula is C19H20BrN3O3. The Kier molecular flexibility index (Phi) is 5.18. The second-order valence-electron chi connectivity index (χ2n) is 6.74. The van der Waals surface area contributed by atoms with E-state index in [2.05, 4.69) is 26.2 Å². The van der Waals surface area contributed by atoms with Gasteiger partial charge >= 0.3 is 6.09 Å². The number of amides is 1. The summed E-state index contributed by atoms with van der Waals surface area (Å²) in [6.07, 6.45) is 1.16. The molecule has 1 N–H and O–H groups in total. The second kappa shape index (κ2) is 7.37. The molecule has 0 aliphatic heterocycles. The molecule has 1 amide bonds. The number of halogens is 1. The minimum atomic E-state index is -0.567. The fraction of sp³-hybridized carbons (Fsp3) is 0.263. The van der Waals surface area contributed by atoms with Crippen LogP contribution >= 0.6 is 15.9 Å². The van der Waals surface area contributed by atoms with Crippen LogP contribution in [-0.2, 0) is 11.3 Å². The van der Waals surface area contributed by atoms with Gasteiger partial charge in [-0.1, -0.05) is 30.3 Å². The summed E-state index contributed by atoms with van der Waals surface area (Å²) in [6, 6.07) is 13.6. The zero-order valence-corrected chi connectivity index (χ0v) is 16.4. The quantitative estimate of drug-likeness (QED) is 0.604. The molecule has 3 aromatic rings. The van der Waals surface area contributed by atoms with Crippen LogP contribution in [0.4, 0.5) is 10.6 Å². The van der Waals surface area contributed by atoms with Crippen LogP contribution in [0, 0.1) is 0 Å². The van der Waals surface area contributed by atoms with E-state index >= 15 is 0 Å². The maximum absolute atomic E-state index is 11.9. The Morgan fingerprint density at radius 2 is 1.92 bits per heavy atom. The van der Waals surface area contributed by atoms with E-state index in [1.807, 2.05) is 63.2 Å². The van der Waals surface area contributed by atoms with Crippen LogP contribution in [0.15, 0.2) is 53.3 Å². The van der Waals surface area contributed by atoms with E-state index in [9.17, 15) is 4.79 Å². The van der Waals surface area contributed by atoms with Crippen molar-refractivity contribution >= 4 is 33.5 Å².